The van der Waals surface area contributed by atoms with E-state index in [9.17, 15) is 22.8 Å². The van der Waals surface area contributed by atoms with Gasteiger partial charge in [0.05, 0.1) is 18.8 Å². The van der Waals surface area contributed by atoms with Gasteiger partial charge in [0.15, 0.2) is 0 Å². The standard InChI is InChI=1S/C28H24F3N3O3/c29-28(30,31)21-4-1-3-18(15-21)17-32-26(35)20-9-7-19(8-10-20)22-5-2-6-24-23(22)16-25(33-24)27(36)34-11-13-37-14-12-34/h1-10,15-16,33H,11-14,17H2,(H,32,35). The number of fused-ring (bicyclic) bond motifs is 1. The van der Waals surface area contributed by atoms with E-state index in [2.05, 4.69) is 10.3 Å². The largest absolute Gasteiger partial charge is 0.416 e. The predicted octanol–water partition coefficient (Wildman–Crippen LogP) is 5.26. The summed E-state index contributed by atoms with van der Waals surface area (Å²) in [6, 6.07) is 19.4. The number of aromatic amines is 1. The van der Waals surface area contributed by atoms with Crippen LogP contribution in [-0.2, 0) is 17.5 Å². The molecule has 5 rings (SSSR count). The van der Waals surface area contributed by atoms with Gasteiger partial charge in [0.25, 0.3) is 11.8 Å². The van der Waals surface area contributed by atoms with Crippen LogP contribution in [0.5, 0.6) is 0 Å². The van der Waals surface area contributed by atoms with Crippen molar-refractivity contribution in [3.63, 3.8) is 0 Å². The number of ether oxygens (including phenoxy) is 1. The lowest BCUT2D eigenvalue weighted by atomic mass is 10.00. The molecule has 3 aromatic carbocycles. The van der Waals surface area contributed by atoms with Gasteiger partial charge in [0, 0.05) is 36.1 Å². The van der Waals surface area contributed by atoms with Crippen LogP contribution in [0.4, 0.5) is 13.2 Å². The van der Waals surface area contributed by atoms with E-state index in [0.29, 0.717) is 43.1 Å². The maximum Gasteiger partial charge on any atom is 0.416 e. The molecule has 2 N–H and O–H groups in total. The van der Waals surface area contributed by atoms with Crippen molar-refractivity contribution in [3.05, 3.63) is 95.2 Å². The van der Waals surface area contributed by atoms with Gasteiger partial charge in [-0.2, -0.15) is 13.2 Å². The molecule has 4 aromatic rings. The van der Waals surface area contributed by atoms with Crippen LogP contribution >= 0.6 is 0 Å². The fourth-order valence-corrected chi connectivity index (χ4v) is 4.40. The van der Waals surface area contributed by atoms with Gasteiger partial charge in [-0.1, -0.05) is 36.4 Å². The fourth-order valence-electron chi connectivity index (χ4n) is 4.40. The molecule has 1 aliphatic rings. The minimum absolute atomic E-state index is 0.0207. The number of carbonyl (C=O) groups is 2. The average Bonchev–Trinajstić information content (AvgIpc) is 3.36. The van der Waals surface area contributed by atoms with Crippen molar-refractivity contribution in [2.24, 2.45) is 0 Å². The van der Waals surface area contributed by atoms with Crippen LogP contribution in [0.15, 0.2) is 72.8 Å². The first-order valence-corrected chi connectivity index (χ1v) is 11.8. The topological polar surface area (TPSA) is 74.4 Å². The Morgan fingerprint density at radius 3 is 2.41 bits per heavy atom. The first-order chi connectivity index (χ1) is 17.8. The van der Waals surface area contributed by atoms with Crippen molar-refractivity contribution >= 4 is 22.7 Å². The number of halogens is 3. The van der Waals surface area contributed by atoms with Gasteiger partial charge >= 0.3 is 6.18 Å². The molecular formula is C28H24F3N3O3. The summed E-state index contributed by atoms with van der Waals surface area (Å²) >= 11 is 0. The van der Waals surface area contributed by atoms with Gasteiger partial charge in [-0.25, -0.2) is 0 Å². The Balaban J connectivity index is 1.31. The Bertz CT molecular complexity index is 1440. The zero-order chi connectivity index (χ0) is 26.0. The van der Waals surface area contributed by atoms with Gasteiger partial charge in [0.2, 0.25) is 0 Å². The van der Waals surface area contributed by atoms with Crippen molar-refractivity contribution in [2.75, 3.05) is 26.3 Å². The molecule has 0 atom stereocenters. The number of H-pyrrole nitrogens is 1. The molecule has 0 aliphatic carbocycles. The van der Waals surface area contributed by atoms with E-state index in [-0.39, 0.29) is 18.4 Å². The molecule has 0 radical (unpaired) electrons. The molecule has 0 spiro atoms. The van der Waals surface area contributed by atoms with E-state index >= 15 is 0 Å². The lowest BCUT2D eigenvalue weighted by Crippen LogP contribution is -2.40. The highest BCUT2D eigenvalue weighted by Crippen LogP contribution is 2.31. The second-order valence-electron chi connectivity index (χ2n) is 8.81. The molecule has 9 heteroatoms. The normalized spacial score (nSPS) is 14.1. The summed E-state index contributed by atoms with van der Waals surface area (Å²) in [5.41, 5.74) is 3.11. The van der Waals surface area contributed by atoms with Gasteiger partial charge in [-0.3, -0.25) is 9.59 Å². The monoisotopic (exact) mass is 507 g/mol. The molecule has 1 fully saturated rings. The van der Waals surface area contributed by atoms with E-state index in [4.69, 9.17) is 4.74 Å². The summed E-state index contributed by atoms with van der Waals surface area (Å²) in [5.74, 6) is -0.458. The highest BCUT2D eigenvalue weighted by molar-refractivity contribution is 6.03. The smallest absolute Gasteiger partial charge is 0.378 e. The minimum Gasteiger partial charge on any atom is -0.378 e. The van der Waals surface area contributed by atoms with Crippen LogP contribution in [-0.4, -0.2) is 48.0 Å². The molecule has 0 saturated carbocycles. The molecule has 2 heterocycles. The van der Waals surface area contributed by atoms with Crippen molar-refractivity contribution in [1.29, 1.82) is 0 Å². The number of aromatic nitrogens is 1. The molecule has 1 saturated heterocycles. The summed E-state index contributed by atoms with van der Waals surface area (Å²) in [6.07, 6.45) is -4.44. The number of nitrogens with zero attached hydrogens (tertiary/aromatic N) is 1. The molecule has 1 aliphatic heterocycles. The fraction of sp³-hybridized carbons (Fsp3) is 0.214. The second-order valence-corrected chi connectivity index (χ2v) is 8.81. The molecule has 2 amide bonds. The second kappa shape index (κ2) is 10.1. The van der Waals surface area contributed by atoms with Crippen LogP contribution < -0.4 is 5.32 Å². The van der Waals surface area contributed by atoms with E-state index in [1.807, 2.05) is 36.4 Å². The summed E-state index contributed by atoms with van der Waals surface area (Å²) in [6.45, 7) is 2.14. The number of hydrogen-bond acceptors (Lipinski definition) is 3. The molecule has 6 nitrogen and oxygen atoms in total. The van der Waals surface area contributed by atoms with Crippen LogP contribution in [0, 0.1) is 0 Å². The van der Waals surface area contributed by atoms with Crippen molar-refractivity contribution in [3.8, 4) is 11.1 Å². The third kappa shape index (κ3) is 5.36. The van der Waals surface area contributed by atoms with Gasteiger partial charge < -0.3 is 19.9 Å². The molecule has 0 bridgehead atoms. The van der Waals surface area contributed by atoms with E-state index < -0.39 is 11.7 Å². The molecule has 190 valence electrons. The lowest BCUT2D eigenvalue weighted by molar-refractivity contribution is -0.137. The number of alkyl halides is 3. The molecule has 37 heavy (non-hydrogen) atoms. The highest BCUT2D eigenvalue weighted by Gasteiger charge is 2.30. The Labute approximate surface area is 211 Å². The first kappa shape index (κ1) is 24.6. The Morgan fingerprint density at radius 2 is 1.68 bits per heavy atom. The maximum absolute atomic E-state index is 12.9. The van der Waals surface area contributed by atoms with E-state index in [1.54, 1.807) is 17.0 Å². The van der Waals surface area contributed by atoms with E-state index in [1.165, 1.54) is 12.1 Å². The zero-order valence-electron chi connectivity index (χ0n) is 19.8. The van der Waals surface area contributed by atoms with Gasteiger partial charge in [-0.05, 0) is 53.1 Å². The molecular weight excluding hydrogens is 483 g/mol. The minimum atomic E-state index is -4.44. The number of nitrogens with one attached hydrogen (secondary N) is 2. The number of morpholine rings is 1. The highest BCUT2D eigenvalue weighted by atomic mass is 19.4. The van der Waals surface area contributed by atoms with Crippen molar-refractivity contribution in [2.45, 2.75) is 12.7 Å². The number of amides is 2. The third-order valence-electron chi connectivity index (χ3n) is 6.36. The third-order valence-corrected chi connectivity index (χ3v) is 6.36. The Morgan fingerprint density at radius 1 is 0.946 bits per heavy atom. The SMILES string of the molecule is O=C(NCc1cccc(C(F)(F)F)c1)c1ccc(-c2cccc3[nH]c(C(=O)N4CCOCC4)cc23)cc1. The lowest BCUT2D eigenvalue weighted by Gasteiger charge is -2.26. The Hall–Kier alpha value is -4.11. The Kier molecular flexibility index (Phi) is 6.71. The summed E-state index contributed by atoms with van der Waals surface area (Å²) in [5, 5.41) is 3.56. The van der Waals surface area contributed by atoms with Crippen LogP contribution in [0.2, 0.25) is 0 Å². The zero-order valence-corrected chi connectivity index (χ0v) is 19.8. The van der Waals surface area contributed by atoms with Crippen LogP contribution in [0.3, 0.4) is 0 Å². The van der Waals surface area contributed by atoms with Crippen molar-refractivity contribution < 1.29 is 27.5 Å². The van der Waals surface area contributed by atoms with Gasteiger partial charge in [0.1, 0.15) is 5.69 Å². The summed E-state index contributed by atoms with van der Waals surface area (Å²) in [7, 11) is 0. The van der Waals surface area contributed by atoms with Crippen LogP contribution in [0.1, 0.15) is 32.0 Å². The number of benzene rings is 3. The number of carbonyl (C=O) groups excluding carboxylic acids is 2. The van der Waals surface area contributed by atoms with E-state index in [0.717, 1.165) is 34.2 Å². The summed E-state index contributed by atoms with van der Waals surface area (Å²) in [4.78, 5) is 30.5. The average molecular weight is 508 g/mol. The van der Waals surface area contributed by atoms with Crippen molar-refractivity contribution in [1.82, 2.24) is 15.2 Å². The molecule has 1 aromatic heterocycles. The maximum atomic E-state index is 12.9. The predicted molar refractivity (Wildman–Crippen MR) is 133 cm³/mol. The quantitative estimate of drug-likeness (QED) is 0.387. The molecule has 0 unspecified atom stereocenters. The number of hydrogen-bond donors (Lipinski definition) is 2. The van der Waals surface area contributed by atoms with Crippen LogP contribution in [0.25, 0.3) is 22.0 Å². The van der Waals surface area contributed by atoms with Gasteiger partial charge in [-0.15, -0.1) is 0 Å². The first-order valence-electron chi connectivity index (χ1n) is 11.8. The summed E-state index contributed by atoms with van der Waals surface area (Å²) < 4.78 is 44.1. The number of rotatable bonds is 5.